The van der Waals surface area contributed by atoms with Crippen LogP contribution in [-0.4, -0.2) is 52.4 Å². The summed E-state index contributed by atoms with van der Waals surface area (Å²) in [5.74, 6) is 0.745. The lowest BCUT2D eigenvalue weighted by Gasteiger charge is -2.34. The smallest absolute Gasteiger partial charge is 0.104 e. The Morgan fingerprint density at radius 1 is 1.27 bits per heavy atom. The Bertz CT molecular complexity index is 279. The van der Waals surface area contributed by atoms with Crippen molar-refractivity contribution in [3.63, 3.8) is 0 Å². The molecule has 0 spiro atoms. The van der Waals surface area contributed by atoms with E-state index in [1.807, 2.05) is 0 Å². The first-order valence-corrected chi connectivity index (χ1v) is 7.53. The van der Waals surface area contributed by atoms with E-state index in [0.29, 0.717) is 0 Å². The van der Waals surface area contributed by atoms with Crippen molar-refractivity contribution in [3.8, 4) is 0 Å². The van der Waals surface area contributed by atoms with Gasteiger partial charge in [0, 0.05) is 32.4 Å². The lowest BCUT2D eigenvalue weighted by molar-refractivity contribution is 0.183. The Labute approximate surface area is 93.7 Å². The van der Waals surface area contributed by atoms with E-state index in [-0.39, 0.29) is 0 Å². The van der Waals surface area contributed by atoms with Gasteiger partial charge in [0.25, 0.3) is 0 Å². The number of nitrogens with zero attached hydrogens (tertiary/aromatic N) is 2. The molecule has 0 aliphatic carbocycles. The number of piperazine rings is 1. The second kappa shape index (κ2) is 5.27. The van der Waals surface area contributed by atoms with Crippen LogP contribution in [0.2, 0.25) is 0 Å². The average Bonchev–Trinajstić information content (AvgIpc) is 2.14. The number of nitrogens with one attached hydrogen (secondary N) is 1. The molecular formula is C10H23N3OS. The highest BCUT2D eigenvalue weighted by molar-refractivity contribution is 7.89. The van der Waals surface area contributed by atoms with E-state index in [9.17, 15) is 4.21 Å². The first-order chi connectivity index (χ1) is 6.89. The molecule has 0 amide bonds. The summed E-state index contributed by atoms with van der Waals surface area (Å²) in [5, 5.41) is 0. The Kier molecular flexibility index (Phi) is 4.55. The predicted molar refractivity (Wildman–Crippen MR) is 64.3 cm³/mol. The van der Waals surface area contributed by atoms with Crippen molar-refractivity contribution in [2.24, 2.45) is 5.92 Å². The molecule has 0 radical (unpaired) electrons. The SMILES string of the molecule is CC(C)CCN1CCN(S(C)(=N)=O)CC1. The van der Waals surface area contributed by atoms with Crippen LogP contribution >= 0.6 is 0 Å². The summed E-state index contributed by atoms with van der Waals surface area (Å²) in [5.41, 5.74) is 0. The molecule has 1 atom stereocenters. The average molecular weight is 233 g/mol. The van der Waals surface area contributed by atoms with Crippen molar-refractivity contribution in [3.05, 3.63) is 0 Å². The third-order valence-corrected chi connectivity index (χ3v) is 4.20. The van der Waals surface area contributed by atoms with Crippen LogP contribution in [0.4, 0.5) is 0 Å². The largest absolute Gasteiger partial charge is 0.301 e. The number of hydrogen-bond donors (Lipinski definition) is 1. The minimum Gasteiger partial charge on any atom is -0.301 e. The van der Waals surface area contributed by atoms with E-state index in [0.717, 1.165) is 38.6 Å². The lowest BCUT2D eigenvalue weighted by Crippen LogP contribution is -2.48. The van der Waals surface area contributed by atoms with E-state index >= 15 is 0 Å². The van der Waals surface area contributed by atoms with Gasteiger partial charge >= 0.3 is 0 Å². The molecule has 1 rings (SSSR count). The van der Waals surface area contributed by atoms with Crippen molar-refractivity contribution in [2.45, 2.75) is 20.3 Å². The van der Waals surface area contributed by atoms with Gasteiger partial charge in [0.05, 0.1) is 0 Å². The van der Waals surface area contributed by atoms with Crippen LogP contribution in [0.1, 0.15) is 20.3 Å². The quantitative estimate of drug-likeness (QED) is 0.794. The summed E-state index contributed by atoms with van der Waals surface area (Å²) < 4.78 is 20.8. The Morgan fingerprint density at radius 3 is 2.20 bits per heavy atom. The highest BCUT2D eigenvalue weighted by Gasteiger charge is 2.20. The second-order valence-electron chi connectivity index (χ2n) is 4.76. The molecule has 1 aliphatic rings. The van der Waals surface area contributed by atoms with E-state index in [1.165, 1.54) is 12.7 Å². The monoisotopic (exact) mass is 233 g/mol. The molecule has 1 unspecified atom stereocenters. The normalized spacial score (nSPS) is 24.3. The van der Waals surface area contributed by atoms with Gasteiger partial charge < -0.3 is 4.90 Å². The minimum atomic E-state index is -2.47. The second-order valence-corrected chi connectivity index (χ2v) is 6.88. The van der Waals surface area contributed by atoms with Crippen LogP contribution < -0.4 is 0 Å². The molecule has 0 saturated carbocycles. The van der Waals surface area contributed by atoms with Crippen molar-refractivity contribution >= 4 is 9.92 Å². The van der Waals surface area contributed by atoms with Gasteiger partial charge in [0.1, 0.15) is 9.92 Å². The summed E-state index contributed by atoms with van der Waals surface area (Å²) in [4.78, 5) is 2.40. The van der Waals surface area contributed by atoms with Crippen LogP contribution in [-0.2, 0) is 9.92 Å². The zero-order valence-electron chi connectivity index (χ0n) is 10.0. The molecule has 5 heteroatoms. The maximum atomic E-state index is 11.5. The molecule has 4 nitrogen and oxygen atoms in total. The zero-order chi connectivity index (χ0) is 11.5. The molecule has 1 N–H and O–H groups in total. The van der Waals surface area contributed by atoms with Gasteiger partial charge in [-0.25, -0.2) is 13.3 Å². The van der Waals surface area contributed by atoms with Crippen molar-refractivity contribution in [2.75, 3.05) is 39.0 Å². The van der Waals surface area contributed by atoms with Crippen molar-refractivity contribution in [1.29, 1.82) is 4.78 Å². The van der Waals surface area contributed by atoms with Crippen LogP contribution in [0.3, 0.4) is 0 Å². The Morgan fingerprint density at radius 2 is 1.80 bits per heavy atom. The molecule has 0 aromatic heterocycles. The van der Waals surface area contributed by atoms with Gasteiger partial charge in [-0.15, -0.1) is 0 Å². The van der Waals surface area contributed by atoms with Gasteiger partial charge in [0.2, 0.25) is 0 Å². The summed E-state index contributed by atoms with van der Waals surface area (Å²) in [6.45, 7) is 9.06. The molecule has 90 valence electrons. The Hall–Kier alpha value is -0.130. The summed E-state index contributed by atoms with van der Waals surface area (Å²) in [6.07, 6.45) is 2.74. The molecule has 0 aromatic rings. The third-order valence-electron chi connectivity index (χ3n) is 2.85. The molecule has 0 bridgehead atoms. The maximum Gasteiger partial charge on any atom is 0.104 e. The fourth-order valence-electron chi connectivity index (χ4n) is 1.74. The molecule has 1 aliphatic heterocycles. The van der Waals surface area contributed by atoms with Crippen molar-refractivity contribution in [1.82, 2.24) is 9.21 Å². The summed E-state index contributed by atoms with van der Waals surface area (Å²) in [6, 6.07) is 0. The fourth-order valence-corrected chi connectivity index (χ4v) is 2.60. The van der Waals surface area contributed by atoms with E-state index in [4.69, 9.17) is 4.78 Å². The molecule has 1 heterocycles. The predicted octanol–water partition coefficient (Wildman–Crippen LogP) is 1.24. The number of rotatable bonds is 4. The standard InChI is InChI=1S/C10H23N3OS/c1-10(2)4-5-12-6-8-13(9-7-12)15(3,11)14/h10-11H,4-9H2,1-3H3. The van der Waals surface area contributed by atoms with Crippen LogP contribution in [0, 0.1) is 10.7 Å². The van der Waals surface area contributed by atoms with Crippen LogP contribution in [0.15, 0.2) is 0 Å². The van der Waals surface area contributed by atoms with E-state index < -0.39 is 9.92 Å². The third kappa shape index (κ3) is 4.49. The molecule has 1 fully saturated rings. The topological polar surface area (TPSA) is 47.4 Å². The van der Waals surface area contributed by atoms with Crippen LogP contribution in [0.25, 0.3) is 0 Å². The first-order valence-electron chi connectivity index (χ1n) is 5.61. The molecular weight excluding hydrogens is 210 g/mol. The number of hydrogen-bond acceptors (Lipinski definition) is 3. The summed E-state index contributed by atoms with van der Waals surface area (Å²) >= 11 is 0. The Balaban J connectivity index is 2.30. The molecule has 1 saturated heterocycles. The molecule has 0 aromatic carbocycles. The van der Waals surface area contributed by atoms with Gasteiger partial charge in [-0.05, 0) is 18.9 Å². The van der Waals surface area contributed by atoms with Gasteiger partial charge in [-0.1, -0.05) is 13.8 Å². The minimum absolute atomic E-state index is 0.745. The lowest BCUT2D eigenvalue weighted by atomic mass is 10.1. The first kappa shape index (κ1) is 12.9. The molecule has 15 heavy (non-hydrogen) atoms. The van der Waals surface area contributed by atoms with Crippen molar-refractivity contribution < 1.29 is 4.21 Å². The highest BCUT2D eigenvalue weighted by Crippen LogP contribution is 2.08. The van der Waals surface area contributed by atoms with Gasteiger partial charge in [-0.3, -0.25) is 0 Å². The van der Waals surface area contributed by atoms with Gasteiger partial charge in [-0.2, -0.15) is 0 Å². The maximum absolute atomic E-state index is 11.5. The van der Waals surface area contributed by atoms with E-state index in [1.54, 1.807) is 4.31 Å². The zero-order valence-corrected chi connectivity index (χ0v) is 10.8. The summed E-state index contributed by atoms with van der Waals surface area (Å²) in [7, 11) is -2.47. The van der Waals surface area contributed by atoms with E-state index in [2.05, 4.69) is 18.7 Å². The van der Waals surface area contributed by atoms with Gasteiger partial charge in [0.15, 0.2) is 0 Å². The highest BCUT2D eigenvalue weighted by atomic mass is 32.2. The fraction of sp³-hybridized carbons (Fsp3) is 1.00. The van der Waals surface area contributed by atoms with Crippen LogP contribution in [0.5, 0.6) is 0 Å².